The molecule has 1 aromatic carbocycles. The zero-order valence-electron chi connectivity index (χ0n) is 17.0. The number of hydrogen-bond acceptors (Lipinski definition) is 4. The molecular weight excluding hydrogens is 340 g/mol. The number of ether oxygens (including phenoxy) is 1. The summed E-state index contributed by atoms with van der Waals surface area (Å²) in [6.07, 6.45) is 2.02. The number of carbonyl (C=O) groups excluding carboxylic acids is 1. The molecule has 1 heterocycles. The first-order valence-corrected chi connectivity index (χ1v) is 9.86. The van der Waals surface area contributed by atoms with E-state index in [1.54, 1.807) is 15.6 Å². The van der Waals surface area contributed by atoms with E-state index in [0.717, 1.165) is 38.2 Å². The van der Waals surface area contributed by atoms with Crippen molar-refractivity contribution in [2.75, 3.05) is 39.8 Å². The lowest BCUT2D eigenvalue weighted by atomic mass is 10.3. The molecular formula is C21H32N4O2. The van der Waals surface area contributed by atoms with Crippen LogP contribution >= 0.6 is 0 Å². The van der Waals surface area contributed by atoms with Crippen LogP contribution in [0.3, 0.4) is 0 Å². The molecule has 0 atom stereocenters. The number of carbonyl (C=O) groups is 1. The normalized spacial score (nSPS) is 11.0. The number of amides is 1. The summed E-state index contributed by atoms with van der Waals surface area (Å²) in [6.45, 7) is 10.5. The van der Waals surface area contributed by atoms with Gasteiger partial charge in [-0.2, -0.15) is 5.10 Å². The SMILES string of the molecule is CCCCOc1cc(C(=O)N(C)CCN(CC)CC)nn1-c1ccccc1. The summed E-state index contributed by atoms with van der Waals surface area (Å²) in [6, 6.07) is 11.5. The molecule has 1 aromatic heterocycles. The van der Waals surface area contributed by atoms with Crippen molar-refractivity contribution < 1.29 is 9.53 Å². The third-order valence-electron chi connectivity index (χ3n) is 4.64. The number of rotatable bonds is 11. The number of aromatic nitrogens is 2. The molecule has 0 unspecified atom stereocenters. The first-order chi connectivity index (χ1) is 13.1. The maximum Gasteiger partial charge on any atom is 0.274 e. The molecule has 0 saturated heterocycles. The van der Waals surface area contributed by atoms with Crippen molar-refractivity contribution in [2.24, 2.45) is 0 Å². The van der Waals surface area contributed by atoms with E-state index in [4.69, 9.17) is 4.74 Å². The van der Waals surface area contributed by atoms with E-state index in [9.17, 15) is 4.79 Å². The van der Waals surface area contributed by atoms with Gasteiger partial charge in [0.1, 0.15) is 0 Å². The summed E-state index contributed by atoms with van der Waals surface area (Å²) in [4.78, 5) is 16.9. The monoisotopic (exact) mass is 372 g/mol. The number of unbranched alkanes of at least 4 members (excludes halogenated alkanes) is 1. The van der Waals surface area contributed by atoms with E-state index in [0.29, 0.717) is 24.7 Å². The van der Waals surface area contributed by atoms with E-state index in [2.05, 4.69) is 30.8 Å². The predicted octanol–water partition coefficient (Wildman–Crippen LogP) is 3.47. The topological polar surface area (TPSA) is 50.6 Å². The molecule has 2 rings (SSSR count). The molecule has 6 nitrogen and oxygen atoms in total. The molecule has 148 valence electrons. The van der Waals surface area contributed by atoms with E-state index in [1.807, 2.05) is 37.4 Å². The standard InChI is InChI=1S/C21H32N4O2/c1-5-8-16-27-20-17-19(22-25(20)18-12-10-9-11-13-18)21(26)23(4)14-15-24(6-2)7-3/h9-13,17H,5-8,14-16H2,1-4H3. The van der Waals surface area contributed by atoms with Crippen LogP contribution in [-0.2, 0) is 0 Å². The van der Waals surface area contributed by atoms with Crippen molar-refractivity contribution in [1.29, 1.82) is 0 Å². The van der Waals surface area contributed by atoms with Crippen molar-refractivity contribution >= 4 is 5.91 Å². The minimum absolute atomic E-state index is 0.0859. The Morgan fingerprint density at radius 3 is 2.44 bits per heavy atom. The zero-order valence-corrected chi connectivity index (χ0v) is 17.0. The van der Waals surface area contributed by atoms with E-state index < -0.39 is 0 Å². The lowest BCUT2D eigenvalue weighted by Crippen LogP contribution is -2.36. The second-order valence-electron chi connectivity index (χ2n) is 6.57. The summed E-state index contributed by atoms with van der Waals surface area (Å²) in [5.41, 5.74) is 1.29. The molecule has 0 bridgehead atoms. The maximum atomic E-state index is 12.8. The number of hydrogen-bond donors (Lipinski definition) is 0. The fourth-order valence-electron chi connectivity index (χ4n) is 2.77. The number of likely N-dealkylation sites (N-methyl/N-ethyl adjacent to an activating group) is 2. The van der Waals surface area contributed by atoms with Crippen LogP contribution < -0.4 is 4.74 Å². The quantitative estimate of drug-likeness (QED) is 0.567. The van der Waals surface area contributed by atoms with E-state index >= 15 is 0 Å². The van der Waals surface area contributed by atoms with Crippen LogP contribution in [0.15, 0.2) is 36.4 Å². The van der Waals surface area contributed by atoms with Crippen LogP contribution in [0.25, 0.3) is 5.69 Å². The van der Waals surface area contributed by atoms with Crippen molar-refractivity contribution in [1.82, 2.24) is 19.6 Å². The van der Waals surface area contributed by atoms with Crippen LogP contribution in [-0.4, -0.2) is 65.3 Å². The van der Waals surface area contributed by atoms with Crippen LogP contribution in [0.2, 0.25) is 0 Å². The molecule has 2 aromatic rings. The number of nitrogens with zero attached hydrogens (tertiary/aromatic N) is 4. The molecule has 0 saturated carbocycles. The van der Waals surface area contributed by atoms with Gasteiger partial charge in [0.2, 0.25) is 5.88 Å². The van der Waals surface area contributed by atoms with Gasteiger partial charge in [-0.15, -0.1) is 0 Å². The molecule has 0 radical (unpaired) electrons. The van der Waals surface area contributed by atoms with Gasteiger partial charge in [0.05, 0.1) is 12.3 Å². The summed E-state index contributed by atoms with van der Waals surface area (Å²) >= 11 is 0. The molecule has 0 aliphatic carbocycles. The minimum atomic E-state index is -0.0859. The molecule has 6 heteroatoms. The fourth-order valence-corrected chi connectivity index (χ4v) is 2.77. The number of para-hydroxylation sites is 1. The van der Waals surface area contributed by atoms with Crippen molar-refractivity contribution in [3.8, 4) is 11.6 Å². The van der Waals surface area contributed by atoms with Gasteiger partial charge in [-0.05, 0) is 31.6 Å². The highest BCUT2D eigenvalue weighted by Crippen LogP contribution is 2.20. The highest BCUT2D eigenvalue weighted by molar-refractivity contribution is 5.92. The molecule has 27 heavy (non-hydrogen) atoms. The van der Waals surface area contributed by atoms with Gasteiger partial charge < -0.3 is 14.5 Å². The van der Waals surface area contributed by atoms with E-state index in [1.165, 1.54) is 0 Å². The second-order valence-corrected chi connectivity index (χ2v) is 6.57. The first-order valence-electron chi connectivity index (χ1n) is 9.86. The van der Waals surface area contributed by atoms with Gasteiger partial charge in [0, 0.05) is 26.2 Å². The van der Waals surface area contributed by atoms with Crippen molar-refractivity contribution in [2.45, 2.75) is 33.6 Å². The highest BCUT2D eigenvalue weighted by atomic mass is 16.5. The van der Waals surface area contributed by atoms with Crippen LogP contribution in [0.1, 0.15) is 44.1 Å². The lowest BCUT2D eigenvalue weighted by molar-refractivity contribution is 0.0773. The van der Waals surface area contributed by atoms with Crippen molar-refractivity contribution in [3.05, 3.63) is 42.1 Å². The van der Waals surface area contributed by atoms with Crippen LogP contribution in [0.4, 0.5) is 0 Å². The van der Waals surface area contributed by atoms with Gasteiger partial charge in [0.15, 0.2) is 5.69 Å². The third kappa shape index (κ3) is 5.82. The Labute approximate surface area is 162 Å². The Morgan fingerprint density at radius 2 is 1.81 bits per heavy atom. The minimum Gasteiger partial charge on any atom is -0.478 e. The summed E-state index contributed by atoms with van der Waals surface area (Å²) < 4.78 is 7.61. The third-order valence-corrected chi connectivity index (χ3v) is 4.64. The summed E-state index contributed by atoms with van der Waals surface area (Å²) in [7, 11) is 1.82. The Kier molecular flexibility index (Phi) is 8.33. The molecule has 0 spiro atoms. The molecule has 0 aliphatic rings. The molecule has 0 aliphatic heterocycles. The average molecular weight is 373 g/mol. The summed E-state index contributed by atoms with van der Waals surface area (Å²) in [5.74, 6) is 0.521. The Hall–Kier alpha value is -2.34. The molecule has 0 N–H and O–H groups in total. The number of benzene rings is 1. The van der Waals surface area contributed by atoms with Gasteiger partial charge >= 0.3 is 0 Å². The zero-order chi connectivity index (χ0) is 19.6. The van der Waals surface area contributed by atoms with Crippen LogP contribution in [0.5, 0.6) is 5.88 Å². The Bertz CT molecular complexity index is 695. The van der Waals surface area contributed by atoms with Gasteiger partial charge in [0.25, 0.3) is 5.91 Å². The molecule has 1 amide bonds. The second kappa shape index (κ2) is 10.7. The first kappa shape index (κ1) is 21.0. The Balaban J connectivity index is 2.17. The maximum absolute atomic E-state index is 12.8. The highest BCUT2D eigenvalue weighted by Gasteiger charge is 2.20. The van der Waals surface area contributed by atoms with Crippen LogP contribution in [0, 0.1) is 0 Å². The van der Waals surface area contributed by atoms with Gasteiger partial charge in [-0.1, -0.05) is 45.4 Å². The lowest BCUT2D eigenvalue weighted by Gasteiger charge is -2.22. The smallest absolute Gasteiger partial charge is 0.274 e. The van der Waals surface area contributed by atoms with E-state index in [-0.39, 0.29) is 5.91 Å². The summed E-state index contributed by atoms with van der Waals surface area (Å²) in [5, 5.41) is 4.53. The Morgan fingerprint density at radius 1 is 1.11 bits per heavy atom. The van der Waals surface area contributed by atoms with Gasteiger partial charge in [-0.3, -0.25) is 4.79 Å². The largest absolute Gasteiger partial charge is 0.478 e. The average Bonchev–Trinajstić information content (AvgIpc) is 3.13. The fraction of sp³-hybridized carbons (Fsp3) is 0.524. The predicted molar refractivity (Wildman–Crippen MR) is 109 cm³/mol. The molecule has 0 fully saturated rings. The van der Waals surface area contributed by atoms with Gasteiger partial charge in [-0.25, -0.2) is 4.68 Å². The van der Waals surface area contributed by atoms with Crippen molar-refractivity contribution in [3.63, 3.8) is 0 Å².